The largest absolute Gasteiger partial charge is 0.352 e. The molecule has 4 aromatic rings. The third kappa shape index (κ3) is 3.93. The number of rotatable bonds is 5. The van der Waals surface area contributed by atoms with Crippen LogP contribution < -0.4 is 10.6 Å². The lowest BCUT2D eigenvalue weighted by Gasteiger charge is -2.47. The van der Waals surface area contributed by atoms with Gasteiger partial charge < -0.3 is 4.90 Å². The van der Waals surface area contributed by atoms with Crippen LogP contribution in [0.4, 0.5) is 5.95 Å². The second kappa shape index (κ2) is 8.78. The van der Waals surface area contributed by atoms with Crippen molar-refractivity contribution in [1.29, 1.82) is 5.26 Å². The van der Waals surface area contributed by atoms with Crippen LogP contribution in [-0.4, -0.2) is 63.8 Å². The van der Waals surface area contributed by atoms with Crippen molar-refractivity contribution < 1.29 is 0 Å². The third-order valence-corrected chi connectivity index (χ3v) is 7.02. The van der Waals surface area contributed by atoms with E-state index in [9.17, 15) is 4.79 Å². The van der Waals surface area contributed by atoms with Gasteiger partial charge >= 0.3 is 5.69 Å². The molecule has 0 bridgehead atoms. The molecule has 0 aliphatic carbocycles. The minimum atomic E-state index is -0.333. The molecule has 5 heterocycles. The Kier molecular flexibility index (Phi) is 5.76. The van der Waals surface area contributed by atoms with E-state index in [1.165, 1.54) is 4.57 Å². The maximum absolute atomic E-state index is 12.7. The van der Waals surface area contributed by atoms with Gasteiger partial charge in [0.1, 0.15) is 5.65 Å². The molecular weight excluding hydrogens is 444 g/mol. The van der Waals surface area contributed by atoms with E-state index in [1.54, 1.807) is 22.1 Å². The van der Waals surface area contributed by atoms with Crippen LogP contribution in [0, 0.1) is 18.3 Å². The number of anilines is 1. The second-order valence-corrected chi connectivity index (χ2v) is 9.37. The molecular formula is C24H30N10O. The highest BCUT2D eigenvalue weighted by molar-refractivity contribution is 5.48. The standard InChI is InChI=1S/C24H30N10O/c1-6-19-14-31(23-27-24(35)30(5)22-12-18(7-9-25)29-34(22)23)16(3)13-32(19)17(4)20-8-10-33-21(26-20)11-15(2)28-33/h8,10-12,16-17,19H,6-7,13-14H2,1-5H3/t16-,17-,19+/m0/s1. The van der Waals surface area contributed by atoms with Crippen LogP contribution in [0.5, 0.6) is 0 Å². The Bertz CT molecular complexity index is 1490. The zero-order valence-electron chi connectivity index (χ0n) is 20.8. The molecule has 1 fully saturated rings. The van der Waals surface area contributed by atoms with Gasteiger partial charge in [0.15, 0.2) is 5.65 Å². The average molecular weight is 475 g/mol. The zero-order chi connectivity index (χ0) is 24.9. The van der Waals surface area contributed by atoms with Crippen molar-refractivity contribution in [3.8, 4) is 6.07 Å². The lowest BCUT2D eigenvalue weighted by atomic mass is 10.0. The maximum atomic E-state index is 12.7. The van der Waals surface area contributed by atoms with Crippen molar-refractivity contribution >= 4 is 17.2 Å². The summed E-state index contributed by atoms with van der Waals surface area (Å²) in [6, 6.07) is 8.40. The Morgan fingerprint density at radius 1 is 1.23 bits per heavy atom. The number of aryl methyl sites for hydroxylation is 2. The normalized spacial score (nSPS) is 19.9. The Labute approximate surface area is 203 Å². The van der Waals surface area contributed by atoms with Crippen LogP contribution in [0.15, 0.2) is 29.2 Å². The molecule has 182 valence electrons. The highest BCUT2D eigenvalue weighted by Crippen LogP contribution is 2.30. The first-order chi connectivity index (χ1) is 16.8. The van der Waals surface area contributed by atoms with Gasteiger partial charge in [0.25, 0.3) is 0 Å². The maximum Gasteiger partial charge on any atom is 0.352 e. The molecule has 11 heteroatoms. The Morgan fingerprint density at radius 2 is 2.03 bits per heavy atom. The second-order valence-electron chi connectivity index (χ2n) is 9.37. The molecule has 0 unspecified atom stereocenters. The monoisotopic (exact) mass is 474 g/mol. The van der Waals surface area contributed by atoms with Gasteiger partial charge in [0, 0.05) is 56.6 Å². The van der Waals surface area contributed by atoms with Gasteiger partial charge in [0.05, 0.1) is 29.6 Å². The molecule has 0 saturated carbocycles. The van der Waals surface area contributed by atoms with Gasteiger partial charge in [-0.25, -0.2) is 14.3 Å². The van der Waals surface area contributed by atoms with Crippen molar-refractivity contribution in [1.82, 2.24) is 38.7 Å². The number of nitrogens with zero attached hydrogens (tertiary/aromatic N) is 10. The number of nitriles is 1. The van der Waals surface area contributed by atoms with E-state index in [2.05, 4.69) is 51.8 Å². The summed E-state index contributed by atoms with van der Waals surface area (Å²) in [4.78, 5) is 26.6. The first kappa shape index (κ1) is 23.0. The van der Waals surface area contributed by atoms with E-state index in [0.717, 1.165) is 30.0 Å². The fourth-order valence-electron chi connectivity index (χ4n) is 5.06. The van der Waals surface area contributed by atoms with E-state index in [1.807, 2.05) is 25.3 Å². The smallest absolute Gasteiger partial charge is 0.335 e. The van der Waals surface area contributed by atoms with Gasteiger partial charge in [0.2, 0.25) is 5.95 Å². The minimum Gasteiger partial charge on any atom is -0.335 e. The average Bonchev–Trinajstić information content (AvgIpc) is 3.43. The summed E-state index contributed by atoms with van der Waals surface area (Å²) in [7, 11) is 1.68. The quantitative estimate of drug-likeness (QED) is 0.431. The van der Waals surface area contributed by atoms with Gasteiger partial charge in [-0.2, -0.15) is 25.0 Å². The molecule has 0 amide bonds. The molecule has 0 radical (unpaired) electrons. The molecule has 3 atom stereocenters. The summed E-state index contributed by atoms with van der Waals surface area (Å²) in [6.45, 7) is 9.99. The van der Waals surface area contributed by atoms with Crippen LogP contribution >= 0.6 is 0 Å². The number of aromatic nitrogens is 7. The highest BCUT2D eigenvalue weighted by atomic mass is 16.1. The van der Waals surface area contributed by atoms with Crippen LogP contribution in [-0.2, 0) is 13.5 Å². The van der Waals surface area contributed by atoms with Crippen molar-refractivity contribution in [3.63, 3.8) is 0 Å². The predicted octanol–water partition coefficient (Wildman–Crippen LogP) is 1.90. The van der Waals surface area contributed by atoms with Gasteiger partial charge in [-0.15, -0.1) is 0 Å². The number of hydrogen-bond donors (Lipinski definition) is 0. The van der Waals surface area contributed by atoms with E-state index < -0.39 is 0 Å². The van der Waals surface area contributed by atoms with Crippen molar-refractivity contribution in [3.05, 3.63) is 52.0 Å². The molecule has 5 rings (SSSR count). The minimum absolute atomic E-state index is 0.0904. The van der Waals surface area contributed by atoms with E-state index in [4.69, 9.17) is 10.2 Å². The van der Waals surface area contributed by atoms with Crippen molar-refractivity contribution in [2.75, 3.05) is 18.0 Å². The summed E-state index contributed by atoms with van der Waals surface area (Å²) in [5.74, 6) is 0.528. The summed E-state index contributed by atoms with van der Waals surface area (Å²) in [5.41, 5.74) is 3.74. The Hall–Kier alpha value is -3.78. The van der Waals surface area contributed by atoms with E-state index >= 15 is 0 Å². The first-order valence-corrected chi connectivity index (χ1v) is 12.0. The molecule has 0 aromatic carbocycles. The molecule has 4 aromatic heterocycles. The highest BCUT2D eigenvalue weighted by Gasteiger charge is 2.36. The molecule has 0 spiro atoms. The predicted molar refractivity (Wildman–Crippen MR) is 131 cm³/mol. The summed E-state index contributed by atoms with van der Waals surface area (Å²) >= 11 is 0. The van der Waals surface area contributed by atoms with Gasteiger partial charge in [-0.1, -0.05) is 6.92 Å². The SMILES string of the molecule is CC[C@@H]1CN(c2nc(=O)n(C)c3cc(CC#N)nn23)[C@@H](C)CN1[C@@H](C)c1ccn2nc(C)cc2n1. The summed E-state index contributed by atoms with van der Waals surface area (Å²) in [6.07, 6.45) is 3.09. The summed E-state index contributed by atoms with van der Waals surface area (Å²) < 4.78 is 4.98. The Morgan fingerprint density at radius 3 is 2.77 bits per heavy atom. The molecule has 1 aliphatic heterocycles. The number of fused-ring (bicyclic) bond motifs is 2. The van der Waals surface area contributed by atoms with E-state index in [0.29, 0.717) is 23.8 Å². The van der Waals surface area contributed by atoms with Crippen LogP contribution in [0.2, 0.25) is 0 Å². The van der Waals surface area contributed by atoms with Gasteiger partial charge in [-0.3, -0.25) is 9.47 Å². The summed E-state index contributed by atoms with van der Waals surface area (Å²) in [5, 5.41) is 18.2. The molecule has 0 N–H and O–H groups in total. The molecule has 1 saturated heterocycles. The first-order valence-electron chi connectivity index (χ1n) is 12.0. The van der Waals surface area contributed by atoms with Crippen LogP contribution in [0.25, 0.3) is 11.3 Å². The zero-order valence-corrected chi connectivity index (χ0v) is 20.8. The topological polar surface area (TPSA) is 113 Å². The fraction of sp³-hybridized carbons (Fsp3) is 0.500. The lowest BCUT2D eigenvalue weighted by Crippen LogP contribution is -2.58. The Balaban J connectivity index is 1.48. The molecule has 11 nitrogen and oxygen atoms in total. The third-order valence-electron chi connectivity index (χ3n) is 7.02. The van der Waals surface area contributed by atoms with Gasteiger partial charge in [-0.05, 0) is 33.3 Å². The molecule has 35 heavy (non-hydrogen) atoms. The lowest BCUT2D eigenvalue weighted by molar-refractivity contribution is 0.103. The van der Waals surface area contributed by atoms with Crippen molar-refractivity contribution in [2.24, 2.45) is 7.05 Å². The molecule has 1 aliphatic rings. The van der Waals surface area contributed by atoms with Crippen molar-refractivity contribution in [2.45, 2.75) is 58.7 Å². The van der Waals surface area contributed by atoms with E-state index in [-0.39, 0.29) is 30.2 Å². The van der Waals surface area contributed by atoms with Crippen LogP contribution in [0.1, 0.15) is 50.3 Å². The van der Waals surface area contributed by atoms with Crippen LogP contribution in [0.3, 0.4) is 0 Å². The fourth-order valence-corrected chi connectivity index (χ4v) is 5.06. The number of hydrogen-bond acceptors (Lipinski definition) is 8. The number of piperazine rings is 1.